The second kappa shape index (κ2) is 5.93. The summed E-state index contributed by atoms with van der Waals surface area (Å²) in [6.07, 6.45) is 0. The van der Waals surface area contributed by atoms with Gasteiger partial charge in [-0.3, -0.25) is 10.2 Å². The van der Waals surface area contributed by atoms with Crippen LogP contribution in [0.25, 0.3) is 0 Å². The van der Waals surface area contributed by atoms with Crippen LogP contribution in [-0.2, 0) is 6.54 Å². The molecule has 18 heavy (non-hydrogen) atoms. The van der Waals surface area contributed by atoms with E-state index in [0.29, 0.717) is 10.4 Å². The van der Waals surface area contributed by atoms with Crippen LogP contribution in [0.4, 0.5) is 0 Å². The molecule has 0 unspecified atom stereocenters. The summed E-state index contributed by atoms with van der Waals surface area (Å²) in [6, 6.07) is 7.43. The highest BCUT2D eigenvalue weighted by Crippen LogP contribution is 2.05. The first kappa shape index (κ1) is 14.6. The number of Topliss-reactive ketones (excluding diaryl/α,β-unsaturated/α-hetero) is 1. The van der Waals surface area contributed by atoms with Gasteiger partial charge in [-0.1, -0.05) is 41.2 Å². The first-order chi connectivity index (χ1) is 8.06. The Kier molecular flexibility index (Phi) is 4.81. The number of hydrogen-bond acceptors (Lipinski definition) is 4. The molecule has 0 fully saturated rings. The summed E-state index contributed by atoms with van der Waals surface area (Å²) in [5, 5.41) is 12.6. The topological polar surface area (TPSA) is 58.7 Å². The third-order valence-corrected chi connectivity index (χ3v) is 3.19. The van der Waals surface area contributed by atoms with Crippen molar-refractivity contribution in [3.8, 4) is 0 Å². The second-order valence-electron chi connectivity index (χ2n) is 3.87. The first-order valence-electron chi connectivity index (χ1n) is 5.25. The maximum Gasteiger partial charge on any atom is 0.200 e. The number of aryl methyl sites for hydroxylation is 2. The molecule has 0 atom stereocenters. The van der Waals surface area contributed by atoms with E-state index in [-0.39, 0.29) is 24.7 Å². The Morgan fingerprint density at radius 1 is 1.33 bits per heavy atom. The van der Waals surface area contributed by atoms with E-state index in [0.717, 1.165) is 10.6 Å². The minimum Gasteiger partial charge on any atom is -0.292 e. The normalized spacial score (nSPS) is 9.89. The van der Waals surface area contributed by atoms with E-state index >= 15 is 0 Å². The highest BCUT2D eigenvalue weighted by molar-refractivity contribution is 7.08. The Labute approximate surface area is 115 Å². The van der Waals surface area contributed by atoms with Crippen LogP contribution in [0.1, 0.15) is 20.9 Å². The zero-order valence-corrected chi connectivity index (χ0v) is 11.8. The summed E-state index contributed by atoms with van der Waals surface area (Å²) < 4.78 is 1.43. The largest absolute Gasteiger partial charge is 0.292 e. The minimum absolute atomic E-state index is 0. The number of rotatable bonds is 3. The number of nitrogens with zero attached hydrogens (tertiary/aromatic N) is 2. The number of hydrogen-bond donors (Lipinski definition) is 1. The summed E-state index contributed by atoms with van der Waals surface area (Å²) in [5.74, 6) is -0.0196. The highest BCUT2D eigenvalue weighted by atomic mass is 35.5. The maximum atomic E-state index is 11.9. The second-order valence-corrected chi connectivity index (χ2v) is 5.05. The Hall–Kier alpha value is -1.46. The fraction of sp³-hybridized carbons (Fsp3) is 0.250. The fourth-order valence-corrected chi connectivity index (χ4v) is 2.13. The van der Waals surface area contributed by atoms with Crippen LogP contribution in [0.3, 0.4) is 0 Å². The molecule has 6 heteroatoms. The first-order valence-corrected chi connectivity index (χ1v) is 6.07. The molecule has 0 spiro atoms. The molecule has 1 heterocycles. The third kappa shape index (κ3) is 3.27. The molecule has 4 nitrogen and oxygen atoms in total. The van der Waals surface area contributed by atoms with Gasteiger partial charge in [-0.25, -0.2) is 4.68 Å². The lowest BCUT2D eigenvalue weighted by Gasteiger charge is -2.01. The van der Waals surface area contributed by atoms with Gasteiger partial charge in [0.25, 0.3) is 0 Å². The van der Waals surface area contributed by atoms with Gasteiger partial charge in [-0.05, 0) is 13.8 Å². The molecule has 0 aliphatic heterocycles. The summed E-state index contributed by atoms with van der Waals surface area (Å²) in [5.41, 5.74) is 1.79. The van der Waals surface area contributed by atoms with Gasteiger partial charge in [0.15, 0.2) is 5.78 Å². The Morgan fingerprint density at radius 3 is 2.44 bits per heavy atom. The predicted molar refractivity (Wildman–Crippen MR) is 73.5 cm³/mol. The number of carbonyl (C=O) groups excluding carboxylic acids is 1. The summed E-state index contributed by atoms with van der Waals surface area (Å²) in [7, 11) is 0. The van der Waals surface area contributed by atoms with Crippen molar-refractivity contribution in [3.05, 3.63) is 45.2 Å². The molecule has 1 N–H and O–H groups in total. The van der Waals surface area contributed by atoms with Crippen molar-refractivity contribution in [2.75, 3.05) is 0 Å². The highest BCUT2D eigenvalue weighted by Gasteiger charge is 2.08. The quantitative estimate of drug-likeness (QED) is 0.879. The Balaban J connectivity index is 0.00000162. The molecule has 2 aromatic rings. The van der Waals surface area contributed by atoms with Crippen molar-refractivity contribution in [1.29, 1.82) is 5.41 Å². The molecule has 0 radical (unpaired) electrons. The molecule has 0 aliphatic carbocycles. The van der Waals surface area contributed by atoms with Crippen LogP contribution in [0.5, 0.6) is 0 Å². The van der Waals surface area contributed by atoms with Gasteiger partial charge in [0.2, 0.25) is 4.80 Å². The summed E-state index contributed by atoms with van der Waals surface area (Å²) >= 11 is 1.28. The number of halogens is 1. The number of ketones is 1. The van der Waals surface area contributed by atoms with Crippen molar-refractivity contribution in [1.82, 2.24) is 9.78 Å². The average Bonchev–Trinajstić information content (AvgIpc) is 2.58. The van der Waals surface area contributed by atoms with Gasteiger partial charge >= 0.3 is 0 Å². The predicted octanol–water partition coefficient (Wildman–Crippen LogP) is 2.35. The lowest BCUT2D eigenvalue weighted by Crippen LogP contribution is -2.21. The van der Waals surface area contributed by atoms with Gasteiger partial charge in [0.1, 0.15) is 11.6 Å². The van der Waals surface area contributed by atoms with E-state index in [1.807, 2.05) is 26.0 Å². The summed E-state index contributed by atoms with van der Waals surface area (Å²) in [6.45, 7) is 3.94. The van der Waals surface area contributed by atoms with E-state index in [2.05, 4.69) is 5.10 Å². The molecular formula is C12H14ClN3OS. The molecule has 0 bridgehead atoms. The molecular weight excluding hydrogens is 270 g/mol. The lowest BCUT2D eigenvalue weighted by atomic mass is 10.1. The van der Waals surface area contributed by atoms with Crippen molar-refractivity contribution in [2.24, 2.45) is 0 Å². The van der Waals surface area contributed by atoms with Crippen molar-refractivity contribution in [3.63, 3.8) is 0 Å². The molecule has 0 aliphatic rings. The fourth-order valence-electron chi connectivity index (χ4n) is 1.50. The Morgan fingerprint density at radius 2 is 1.94 bits per heavy atom. The van der Waals surface area contributed by atoms with Crippen LogP contribution in [0.15, 0.2) is 24.3 Å². The molecule has 1 aromatic heterocycles. The van der Waals surface area contributed by atoms with Crippen LogP contribution in [0.2, 0.25) is 0 Å². The maximum absolute atomic E-state index is 11.9. The lowest BCUT2D eigenvalue weighted by molar-refractivity contribution is 0.0966. The average molecular weight is 284 g/mol. The molecule has 96 valence electrons. The molecule has 0 saturated carbocycles. The number of benzene rings is 1. The summed E-state index contributed by atoms with van der Waals surface area (Å²) in [4.78, 5) is 12.3. The van der Waals surface area contributed by atoms with Gasteiger partial charge in [-0.2, -0.15) is 5.10 Å². The SMILES string of the molecule is Cc1ccc(C(=O)Cn2nc(C)sc2=N)cc1.Cl. The van der Waals surface area contributed by atoms with Gasteiger partial charge in [0.05, 0.1) is 0 Å². The number of carbonyl (C=O) groups is 1. The smallest absolute Gasteiger partial charge is 0.200 e. The van der Waals surface area contributed by atoms with Crippen molar-refractivity contribution in [2.45, 2.75) is 20.4 Å². The molecule has 0 amide bonds. The standard InChI is InChI=1S/C12H13N3OS.ClH/c1-8-3-5-10(6-4-8)11(16)7-15-12(13)17-9(2)14-15;/h3-6,13H,7H2,1-2H3;1H. The van der Waals surface area contributed by atoms with Gasteiger partial charge in [-0.15, -0.1) is 12.4 Å². The monoisotopic (exact) mass is 283 g/mol. The van der Waals surface area contributed by atoms with Crippen LogP contribution < -0.4 is 4.80 Å². The Bertz CT molecular complexity index is 601. The van der Waals surface area contributed by atoms with Crippen LogP contribution >= 0.6 is 23.7 Å². The van der Waals surface area contributed by atoms with Gasteiger partial charge < -0.3 is 0 Å². The van der Waals surface area contributed by atoms with Crippen molar-refractivity contribution < 1.29 is 4.79 Å². The molecule has 2 rings (SSSR count). The number of nitrogens with one attached hydrogen (secondary N) is 1. The molecule has 0 saturated heterocycles. The van der Waals surface area contributed by atoms with E-state index in [1.54, 1.807) is 12.1 Å². The van der Waals surface area contributed by atoms with E-state index < -0.39 is 0 Å². The third-order valence-electron chi connectivity index (χ3n) is 2.41. The minimum atomic E-state index is -0.0196. The van der Waals surface area contributed by atoms with Crippen LogP contribution in [0, 0.1) is 19.3 Å². The van der Waals surface area contributed by atoms with E-state index in [9.17, 15) is 4.79 Å². The van der Waals surface area contributed by atoms with Gasteiger partial charge in [0, 0.05) is 5.56 Å². The zero-order chi connectivity index (χ0) is 12.4. The zero-order valence-electron chi connectivity index (χ0n) is 10.1. The van der Waals surface area contributed by atoms with Crippen LogP contribution in [-0.4, -0.2) is 15.6 Å². The number of aromatic nitrogens is 2. The van der Waals surface area contributed by atoms with E-state index in [4.69, 9.17) is 5.41 Å². The molecule has 1 aromatic carbocycles. The van der Waals surface area contributed by atoms with Crippen molar-refractivity contribution >= 4 is 29.5 Å². The van der Waals surface area contributed by atoms with E-state index in [1.165, 1.54) is 16.0 Å².